The van der Waals surface area contributed by atoms with Crippen molar-refractivity contribution in [1.29, 1.82) is 0 Å². The zero-order chi connectivity index (χ0) is 22.7. The number of halogens is 2. The topological polar surface area (TPSA) is 66.2 Å². The Bertz CT molecular complexity index is 1660. The van der Waals surface area contributed by atoms with Crippen molar-refractivity contribution in [3.05, 3.63) is 85.1 Å². The second kappa shape index (κ2) is 7.39. The molecule has 0 atom stereocenters. The van der Waals surface area contributed by atoms with Crippen molar-refractivity contribution in [3.8, 4) is 16.9 Å². The summed E-state index contributed by atoms with van der Waals surface area (Å²) in [6.45, 7) is 2.08. The van der Waals surface area contributed by atoms with E-state index in [1.54, 1.807) is 23.6 Å². The summed E-state index contributed by atoms with van der Waals surface area (Å²) in [5.74, 6) is 0.514. The third kappa shape index (κ3) is 2.85. The third-order valence-corrected chi connectivity index (χ3v) is 6.33. The number of nitrogens with zero attached hydrogens (tertiary/aromatic N) is 5. The highest BCUT2D eigenvalue weighted by molar-refractivity contribution is 6.36. The van der Waals surface area contributed by atoms with Crippen LogP contribution in [0.15, 0.2) is 58.3 Å². The van der Waals surface area contributed by atoms with Crippen LogP contribution in [0.5, 0.6) is 0 Å². The average Bonchev–Trinajstić information content (AvgIpc) is 3.32. The molecule has 0 aliphatic heterocycles. The molecule has 3 heterocycles. The molecule has 2 aromatic carbocycles. The standard InChI is InChI=1S/C23H19Cl2N5O2/c1-4-13-7-5-6-8-17(13)30-18(15-10-9-14(24)11-16(15)25)12-29-19-20(26-22(29)30)27(2)23(32)28(3)21(19)31/h5-12H,4H2,1-3H3. The number of hydrogen-bond acceptors (Lipinski definition) is 3. The van der Waals surface area contributed by atoms with E-state index in [-0.39, 0.29) is 0 Å². The van der Waals surface area contributed by atoms with Gasteiger partial charge < -0.3 is 0 Å². The van der Waals surface area contributed by atoms with Crippen LogP contribution < -0.4 is 11.2 Å². The molecule has 0 saturated carbocycles. The molecule has 0 unspecified atom stereocenters. The van der Waals surface area contributed by atoms with E-state index in [1.807, 2.05) is 35.0 Å². The first kappa shape index (κ1) is 20.6. The maximum absolute atomic E-state index is 13.0. The second-order valence-electron chi connectivity index (χ2n) is 7.62. The van der Waals surface area contributed by atoms with Crippen LogP contribution in [-0.2, 0) is 20.5 Å². The lowest BCUT2D eigenvalue weighted by atomic mass is 10.1. The maximum atomic E-state index is 13.0. The Labute approximate surface area is 192 Å². The van der Waals surface area contributed by atoms with Crippen molar-refractivity contribution >= 4 is 40.1 Å². The molecular weight excluding hydrogens is 449 g/mol. The van der Waals surface area contributed by atoms with Gasteiger partial charge in [-0.2, -0.15) is 4.98 Å². The van der Waals surface area contributed by atoms with E-state index in [9.17, 15) is 9.59 Å². The summed E-state index contributed by atoms with van der Waals surface area (Å²) in [5.41, 5.74) is 3.34. The summed E-state index contributed by atoms with van der Waals surface area (Å²) < 4.78 is 6.17. The van der Waals surface area contributed by atoms with Gasteiger partial charge in [-0.15, -0.1) is 0 Å². The van der Waals surface area contributed by atoms with Gasteiger partial charge in [0.05, 0.1) is 16.4 Å². The average molecular weight is 468 g/mol. The molecule has 0 aliphatic rings. The molecule has 32 heavy (non-hydrogen) atoms. The summed E-state index contributed by atoms with van der Waals surface area (Å²) in [5, 5.41) is 1.02. The summed E-state index contributed by atoms with van der Waals surface area (Å²) in [6.07, 6.45) is 2.63. The molecule has 0 saturated heterocycles. The van der Waals surface area contributed by atoms with Gasteiger partial charge >= 0.3 is 5.69 Å². The molecule has 5 rings (SSSR count). The van der Waals surface area contributed by atoms with E-state index < -0.39 is 11.2 Å². The Morgan fingerprint density at radius 3 is 2.47 bits per heavy atom. The molecule has 0 N–H and O–H groups in total. The van der Waals surface area contributed by atoms with E-state index in [0.29, 0.717) is 27.0 Å². The number of fused-ring (bicyclic) bond motifs is 3. The predicted molar refractivity (Wildman–Crippen MR) is 127 cm³/mol. The molecule has 0 radical (unpaired) electrons. The van der Waals surface area contributed by atoms with Gasteiger partial charge in [-0.1, -0.05) is 48.3 Å². The van der Waals surface area contributed by atoms with Crippen molar-refractivity contribution in [2.45, 2.75) is 13.3 Å². The molecule has 7 nitrogen and oxygen atoms in total. The summed E-state index contributed by atoms with van der Waals surface area (Å²) >= 11 is 12.7. The first-order valence-electron chi connectivity index (χ1n) is 10.1. The monoisotopic (exact) mass is 467 g/mol. The highest BCUT2D eigenvalue weighted by atomic mass is 35.5. The van der Waals surface area contributed by atoms with Crippen molar-refractivity contribution in [1.82, 2.24) is 23.1 Å². The molecule has 0 amide bonds. The Morgan fingerprint density at radius 1 is 1.00 bits per heavy atom. The number of para-hydroxylation sites is 1. The predicted octanol–water partition coefficient (Wildman–Crippen LogP) is 4.21. The lowest BCUT2D eigenvalue weighted by Gasteiger charge is -2.14. The number of imidazole rings is 2. The molecule has 0 bridgehead atoms. The number of hydrogen-bond donors (Lipinski definition) is 0. The third-order valence-electron chi connectivity index (χ3n) is 5.79. The van der Waals surface area contributed by atoms with Crippen LogP contribution in [0.2, 0.25) is 10.0 Å². The Morgan fingerprint density at radius 2 is 1.75 bits per heavy atom. The quantitative estimate of drug-likeness (QED) is 0.399. The molecule has 3 aromatic heterocycles. The van der Waals surface area contributed by atoms with E-state index in [2.05, 4.69) is 13.0 Å². The van der Waals surface area contributed by atoms with Gasteiger partial charge in [0.2, 0.25) is 5.78 Å². The van der Waals surface area contributed by atoms with Crippen LogP contribution in [0, 0.1) is 0 Å². The van der Waals surface area contributed by atoms with Crippen molar-refractivity contribution in [3.63, 3.8) is 0 Å². The summed E-state index contributed by atoms with van der Waals surface area (Å²) in [6, 6.07) is 13.3. The minimum absolute atomic E-state index is 0.323. The zero-order valence-corrected chi connectivity index (χ0v) is 19.1. The molecular formula is C23H19Cl2N5O2. The smallest absolute Gasteiger partial charge is 0.279 e. The number of benzene rings is 2. The van der Waals surface area contributed by atoms with Crippen LogP contribution in [0.3, 0.4) is 0 Å². The van der Waals surface area contributed by atoms with E-state index >= 15 is 0 Å². The molecule has 9 heteroatoms. The van der Waals surface area contributed by atoms with Crippen LogP contribution in [0.25, 0.3) is 33.9 Å². The molecule has 162 valence electrons. The van der Waals surface area contributed by atoms with Gasteiger partial charge in [0.25, 0.3) is 5.56 Å². The van der Waals surface area contributed by atoms with Crippen molar-refractivity contribution in [2.75, 3.05) is 0 Å². The Balaban J connectivity index is 2.00. The Kier molecular flexibility index (Phi) is 4.76. The van der Waals surface area contributed by atoms with Crippen LogP contribution in [0.4, 0.5) is 0 Å². The second-order valence-corrected chi connectivity index (χ2v) is 8.46. The number of aromatic nitrogens is 5. The van der Waals surface area contributed by atoms with Gasteiger partial charge in [0.15, 0.2) is 11.2 Å². The Hall–Kier alpha value is -3.29. The fourth-order valence-electron chi connectivity index (χ4n) is 4.12. The fraction of sp³-hybridized carbons (Fsp3) is 0.174. The highest BCUT2D eigenvalue weighted by Crippen LogP contribution is 2.35. The zero-order valence-electron chi connectivity index (χ0n) is 17.6. The molecule has 0 spiro atoms. The lowest BCUT2D eigenvalue weighted by molar-refractivity contribution is 0.708. The minimum Gasteiger partial charge on any atom is -0.279 e. The van der Waals surface area contributed by atoms with Crippen LogP contribution >= 0.6 is 23.2 Å². The molecule has 0 aliphatic carbocycles. The van der Waals surface area contributed by atoms with Gasteiger partial charge in [-0.3, -0.25) is 22.9 Å². The van der Waals surface area contributed by atoms with E-state index in [0.717, 1.165) is 33.5 Å². The van der Waals surface area contributed by atoms with E-state index in [1.165, 1.54) is 11.6 Å². The van der Waals surface area contributed by atoms with Crippen LogP contribution in [0.1, 0.15) is 12.5 Å². The number of aryl methyl sites for hydroxylation is 2. The molecule has 5 aromatic rings. The fourth-order valence-corrected chi connectivity index (χ4v) is 4.63. The first-order valence-corrected chi connectivity index (χ1v) is 10.8. The van der Waals surface area contributed by atoms with Crippen molar-refractivity contribution in [2.24, 2.45) is 14.1 Å². The van der Waals surface area contributed by atoms with Gasteiger partial charge in [0.1, 0.15) is 0 Å². The number of rotatable bonds is 3. The van der Waals surface area contributed by atoms with Gasteiger partial charge in [-0.25, -0.2) is 4.79 Å². The SMILES string of the molecule is CCc1ccccc1-n1c(-c2ccc(Cl)cc2Cl)cn2c3c(=O)n(C)c(=O)n(C)c3nc12. The summed E-state index contributed by atoms with van der Waals surface area (Å²) in [7, 11) is 3.07. The minimum atomic E-state index is -0.426. The van der Waals surface area contributed by atoms with Gasteiger partial charge in [-0.05, 0) is 36.2 Å². The largest absolute Gasteiger partial charge is 0.332 e. The van der Waals surface area contributed by atoms with E-state index in [4.69, 9.17) is 28.2 Å². The van der Waals surface area contributed by atoms with Crippen molar-refractivity contribution < 1.29 is 0 Å². The highest BCUT2D eigenvalue weighted by Gasteiger charge is 2.23. The first-order chi connectivity index (χ1) is 15.3. The lowest BCUT2D eigenvalue weighted by Crippen LogP contribution is -2.37. The summed E-state index contributed by atoms with van der Waals surface area (Å²) in [4.78, 5) is 30.2. The van der Waals surface area contributed by atoms with Gasteiger partial charge in [0, 0.05) is 30.9 Å². The maximum Gasteiger partial charge on any atom is 0.332 e. The van der Waals surface area contributed by atoms with Crippen LogP contribution in [-0.4, -0.2) is 23.1 Å². The normalized spacial score (nSPS) is 11.7. The molecule has 0 fully saturated rings.